The summed E-state index contributed by atoms with van der Waals surface area (Å²) in [6, 6.07) is 18.4. The molecule has 7 heteroatoms. The van der Waals surface area contributed by atoms with Crippen LogP contribution >= 0.6 is 11.3 Å². The lowest BCUT2D eigenvalue weighted by Gasteiger charge is -2.23. The van der Waals surface area contributed by atoms with Gasteiger partial charge in [0.25, 0.3) is 0 Å². The highest BCUT2D eigenvalue weighted by Crippen LogP contribution is 2.35. The molecular formula is C28H29FN2O3S. The average molecular weight is 493 g/mol. The lowest BCUT2D eigenvalue weighted by atomic mass is 9.89. The minimum Gasteiger partial charge on any atom is -0.481 e. The molecule has 0 fully saturated rings. The van der Waals surface area contributed by atoms with E-state index in [0.29, 0.717) is 13.0 Å². The Morgan fingerprint density at radius 1 is 1.03 bits per heavy atom. The van der Waals surface area contributed by atoms with Crippen LogP contribution in [0, 0.1) is 12.7 Å². The van der Waals surface area contributed by atoms with E-state index in [2.05, 4.69) is 16.4 Å². The average Bonchev–Trinajstić information content (AvgIpc) is 3.20. The third kappa shape index (κ3) is 6.05. The predicted molar refractivity (Wildman–Crippen MR) is 139 cm³/mol. The van der Waals surface area contributed by atoms with Gasteiger partial charge in [0.2, 0.25) is 0 Å². The van der Waals surface area contributed by atoms with Gasteiger partial charge in [0.15, 0.2) is 0 Å². The summed E-state index contributed by atoms with van der Waals surface area (Å²) in [7, 11) is 0. The number of hydrogen-bond acceptors (Lipinski definition) is 5. The molecule has 0 radical (unpaired) electrons. The lowest BCUT2D eigenvalue weighted by molar-refractivity contribution is -0.137. The molecule has 0 aliphatic heterocycles. The number of fused-ring (bicyclic) bond motifs is 1. The Kier molecular flexibility index (Phi) is 7.78. The van der Waals surface area contributed by atoms with Crippen molar-refractivity contribution in [2.75, 3.05) is 11.9 Å². The number of carboxylic acids is 1. The van der Waals surface area contributed by atoms with Gasteiger partial charge in [-0.05, 0) is 85.3 Å². The van der Waals surface area contributed by atoms with Crippen LogP contribution in [-0.4, -0.2) is 22.7 Å². The van der Waals surface area contributed by atoms with E-state index in [1.54, 1.807) is 23.5 Å². The number of nitrogens with zero attached hydrogens (tertiary/aromatic N) is 1. The van der Waals surface area contributed by atoms with Crippen molar-refractivity contribution in [2.24, 2.45) is 0 Å². The summed E-state index contributed by atoms with van der Waals surface area (Å²) in [5.74, 6) is -1.28. The Balaban J connectivity index is 1.77. The molecule has 5 nitrogen and oxygen atoms in total. The SMILES string of the molecule is CCO[C@@H](c1ccc(F)cc1)c1cc(Nc2ccc3nc(C)sc3c2)cc([C@H](CC)CC(=O)O)c1. The van der Waals surface area contributed by atoms with Gasteiger partial charge in [-0.3, -0.25) is 4.79 Å². The number of aliphatic carboxylic acids is 1. The normalized spacial score (nSPS) is 13.0. The highest BCUT2D eigenvalue weighted by molar-refractivity contribution is 7.18. The second-order valence-electron chi connectivity index (χ2n) is 8.52. The number of carbonyl (C=O) groups is 1. The van der Waals surface area contributed by atoms with Crippen molar-refractivity contribution in [1.82, 2.24) is 4.98 Å². The molecule has 0 amide bonds. The zero-order valence-corrected chi connectivity index (χ0v) is 20.9. The summed E-state index contributed by atoms with van der Waals surface area (Å²) >= 11 is 1.64. The molecule has 2 atom stereocenters. The number of rotatable bonds is 10. The molecule has 35 heavy (non-hydrogen) atoms. The van der Waals surface area contributed by atoms with Gasteiger partial charge in [-0.1, -0.05) is 25.1 Å². The maximum atomic E-state index is 13.6. The number of benzene rings is 3. The fraction of sp³-hybridized carbons (Fsp3) is 0.286. The first kappa shape index (κ1) is 24.8. The maximum absolute atomic E-state index is 13.6. The van der Waals surface area contributed by atoms with Gasteiger partial charge >= 0.3 is 5.97 Å². The number of anilines is 2. The number of carboxylic acid groups (broad SMARTS) is 1. The first-order valence-corrected chi connectivity index (χ1v) is 12.6. The Morgan fingerprint density at radius 3 is 2.46 bits per heavy atom. The molecule has 0 aliphatic rings. The number of ether oxygens (including phenoxy) is 1. The van der Waals surface area contributed by atoms with Gasteiger partial charge in [0, 0.05) is 18.0 Å². The van der Waals surface area contributed by atoms with Crippen LogP contribution in [0.1, 0.15) is 60.4 Å². The molecule has 1 aromatic heterocycles. The summed E-state index contributed by atoms with van der Waals surface area (Å²) in [6.07, 6.45) is 0.327. The number of aromatic nitrogens is 1. The lowest BCUT2D eigenvalue weighted by Crippen LogP contribution is -2.10. The van der Waals surface area contributed by atoms with Gasteiger partial charge in [-0.2, -0.15) is 0 Å². The van der Waals surface area contributed by atoms with E-state index in [9.17, 15) is 14.3 Å². The quantitative estimate of drug-likeness (QED) is 0.239. The Bertz CT molecular complexity index is 1320. The molecule has 0 saturated heterocycles. The van der Waals surface area contributed by atoms with E-state index in [0.717, 1.165) is 43.3 Å². The van der Waals surface area contributed by atoms with Crippen molar-refractivity contribution < 1.29 is 19.0 Å². The van der Waals surface area contributed by atoms with Crippen LogP contribution in [0.3, 0.4) is 0 Å². The van der Waals surface area contributed by atoms with E-state index in [1.165, 1.54) is 12.1 Å². The molecule has 4 rings (SSSR count). The zero-order chi connectivity index (χ0) is 24.9. The van der Waals surface area contributed by atoms with Gasteiger partial charge in [-0.25, -0.2) is 9.37 Å². The molecule has 0 unspecified atom stereocenters. The molecule has 0 saturated carbocycles. The molecule has 3 aromatic carbocycles. The second kappa shape index (κ2) is 11.0. The number of aryl methyl sites for hydroxylation is 1. The van der Waals surface area contributed by atoms with Gasteiger partial charge in [-0.15, -0.1) is 11.3 Å². The number of halogens is 1. The third-order valence-corrected chi connectivity index (χ3v) is 6.89. The van der Waals surface area contributed by atoms with Crippen molar-refractivity contribution in [3.8, 4) is 0 Å². The Hall–Kier alpha value is -3.29. The smallest absolute Gasteiger partial charge is 0.303 e. The van der Waals surface area contributed by atoms with E-state index in [4.69, 9.17) is 4.74 Å². The maximum Gasteiger partial charge on any atom is 0.303 e. The minimum atomic E-state index is -0.831. The van der Waals surface area contributed by atoms with Crippen molar-refractivity contribution in [3.63, 3.8) is 0 Å². The fourth-order valence-electron chi connectivity index (χ4n) is 4.32. The van der Waals surface area contributed by atoms with Crippen molar-refractivity contribution >= 4 is 38.9 Å². The Labute approximate surface area is 208 Å². The van der Waals surface area contributed by atoms with E-state index >= 15 is 0 Å². The van der Waals surface area contributed by atoms with Crippen LogP contribution in [0.15, 0.2) is 60.7 Å². The predicted octanol–water partition coefficient (Wildman–Crippen LogP) is 7.58. The molecule has 4 aromatic rings. The molecule has 0 spiro atoms. The van der Waals surface area contributed by atoms with Gasteiger partial charge in [0.05, 0.1) is 21.6 Å². The van der Waals surface area contributed by atoms with E-state index in [1.807, 2.05) is 51.1 Å². The first-order chi connectivity index (χ1) is 16.9. The van der Waals surface area contributed by atoms with E-state index < -0.39 is 12.1 Å². The standard InChI is InChI=1S/C28H29FN2O3S/c1-4-18(15-27(32)33)20-12-21(28(34-5-2)19-6-8-22(29)9-7-19)14-24(13-20)31-23-10-11-25-26(16-23)35-17(3)30-25/h6-14,16,18,28,31H,4-5,15H2,1-3H3,(H,32,33)/t18-,28+/m1/s1. The topological polar surface area (TPSA) is 71.5 Å². The van der Waals surface area contributed by atoms with Crippen molar-refractivity contribution in [1.29, 1.82) is 0 Å². The number of thiazole rings is 1. The molecule has 0 aliphatic carbocycles. The van der Waals surface area contributed by atoms with Crippen LogP contribution in [0.5, 0.6) is 0 Å². The van der Waals surface area contributed by atoms with Gasteiger partial charge in [0.1, 0.15) is 11.9 Å². The van der Waals surface area contributed by atoms with Crippen LogP contribution in [0.2, 0.25) is 0 Å². The summed E-state index contributed by atoms with van der Waals surface area (Å²) in [4.78, 5) is 16.1. The second-order valence-corrected chi connectivity index (χ2v) is 9.75. The summed E-state index contributed by atoms with van der Waals surface area (Å²) in [5.41, 5.74) is 5.38. The van der Waals surface area contributed by atoms with Gasteiger partial charge < -0.3 is 15.2 Å². The minimum absolute atomic E-state index is 0.0430. The summed E-state index contributed by atoms with van der Waals surface area (Å²) in [5, 5.41) is 14.0. The highest BCUT2D eigenvalue weighted by Gasteiger charge is 2.20. The van der Waals surface area contributed by atoms with Crippen LogP contribution < -0.4 is 5.32 Å². The van der Waals surface area contributed by atoms with Crippen LogP contribution in [0.4, 0.5) is 15.8 Å². The molecule has 1 heterocycles. The third-order valence-electron chi connectivity index (χ3n) is 5.96. The molecule has 182 valence electrons. The first-order valence-electron chi connectivity index (χ1n) is 11.7. The van der Waals surface area contributed by atoms with Crippen LogP contribution in [-0.2, 0) is 9.53 Å². The van der Waals surface area contributed by atoms with Crippen molar-refractivity contribution in [2.45, 2.75) is 45.6 Å². The zero-order valence-electron chi connectivity index (χ0n) is 20.0. The van der Waals surface area contributed by atoms with Crippen LogP contribution in [0.25, 0.3) is 10.2 Å². The largest absolute Gasteiger partial charge is 0.481 e. The number of hydrogen-bond donors (Lipinski definition) is 2. The molecule has 2 N–H and O–H groups in total. The summed E-state index contributed by atoms with van der Waals surface area (Å²) < 4.78 is 20.8. The fourth-order valence-corrected chi connectivity index (χ4v) is 5.18. The highest BCUT2D eigenvalue weighted by atomic mass is 32.1. The van der Waals surface area contributed by atoms with E-state index in [-0.39, 0.29) is 18.2 Å². The Morgan fingerprint density at radius 2 is 1.77 bits per heavy atom. The molecular weight excluding hydrogens is 463 g/mol. The summed E-state index contributed by atoms with van der Waals surface area (Å²) in [6.45, 7) is 6.38. The monoisotopic (exact) mass is 492 g/mol. The molecule has 0 bridgehead atoms. The van der Waals surface area contributed by atoms with Crippen molar-refractivity contribution in [3.05, 3.63) is 88.2 Å². The number of nitrogens with one attached hydrogen (secondary N) is 1.